The topological polar surface area (TPSA) is 17.1 Å². The molecule has 0 aliphatic heterocycles. The van der Waals surface area contributed by atoms with Gasteiger partial charge in [-0.2, -0.15) is 0 Å². The summed E-state index contributed by atoms with van der Waals surface area (Å²) in [4.78, 5) is 0. The van der Waals surface area contributed by atoms with E-state index in [2.05, 4.69) is 133 Å². The number of hydrogen-bond donors (Lipinski definition) is 0. The largest absolute Gasteiger partial charge is 0.319 e. The van der Waals surface area contributed by atoms with E-state index in [4.69, 9.17) is 0 Å². The van der Waals surface area contributed by atoms with Crippen LogP contribution >= 0.6 is 7.14 Å². The van der Waals surface area contributed by atoms with E-state index >= 15 is 0 Å². The van der Waals surface area contributed by atoms with Crippen LogP contribution in [0.25, 0.3) is 54.9 Å². The molecule has 2 aliphatic rings. The van der Waals surface area contributed by atoms with Crippen LogP contribution in [0.15, 0.2) is 140 Å². The molecule has 1 nitrogen and oxygen atoms in total. The summed E-state index contributed by atoms with van der Waals surface area (Å²) in [5.41, 5.74) is 12.6. The first kappa shape index (κ1) is 24.8. The quantitative estimate of drug-likeness (QED) is 0.190. The molecule has 0 amide bonds. The molecule has 43 heavy (non-hydrogen) atoms. The van der Waals surface area contributed by atoms with Crippen molar-refractivity contribution in [3.05, 3.63) is 162 Å². The second-order valence-corrected chi connectivity index (χ2v) is 15.6. The van der Waals surface area contributed by atoms with Crippen LogP contribution in [0.1, 0.15) is 22.3 Å². The van der Waals surface area contributed by atoms with E-state index in [1.807, 2.05) is 19.4 Å². The van der Waals surface area contributed by atoms with Gasteiger partial charge in [-0.1, -0.05) is 121 Å². The van der Waals surface area contributed by atoms with Gasteiger partial charge in [0.2, 0.25) is 0 Å². The first-order valence-electron chi connectivity index (χ1n) is 14.9. The zero-order valence-electron chi connectivity index (χ0n) is 24.1. The molecular formula is C41H29OP. The van der Waals surface area contributed by atoms with Gasteiger partial charge < -0.3 is 4.57 Å². The highest BCUT2D eigenvalue weighted by atomic mass is 31.2. The average Bonchev–Trinajstić information content (AvgIpc) is 3.49. The molecule has 204 valence electrons. The lowest BCUT2D eigenvalue weighted by Gasteiger charge is -2.30. The second-order valence-electron chi connectivity index (χ2n) is 12.4. The van der Waals surface area contributed by atoms with Crippen LogP contribution in [0.5, 0.6) is 0 Å². The first-order valence-corrected chi connectivity index (χ1v) is 17.5. The summed E-state index contributed by atoms with van der Waals surface area (Å²) in [6.45, 7) is 3.73. The Morgan fingerprint density at radius 3 is 1.70 bits per heavy atom. The molecule has 2 aliphatic carbocycles. The van der Waals surface area contributed by atoms with Gasteiger partial charge in [0.1, 0.15) is 7.14 Å². The predicted octanol–water partition coefficient (Wildman–Crippen LogP) is 10.3. The Hall–Kier alpha value is -4.71. The Morgan fingerprint density at radius 1 is 0.442 bits per heavy atom. The molecule has 7 aromatic rings. The maximum Gasteiger partial charge on any atom is 0.110 e. The molecule has 0 bridgehead atoms. The highest BCUT2D eigenvalue weighted by molar-refractivity contribution is 7.70. The van der Waals surface area contributed by atoms with Crippen LogP contribution in [-0.4, -0.2) is 13.3 Å². The lowest BCUT2D eigenvalue weighted by molar-refractivity contribution is 0.588. The minimum absolute atomic E-state index is 0.372. The summed E-state index contributed by atoms with van der Waals surface area (Å²) in [5, 5.41) is 5.69. The molecule has 0 aromatic heterocycles. The molecule has 0 saturated carbocycles. The van der Waals surface area contributed by atoms with Gasteiger partial charge in [-0.05, 0) is 109 Å². The van der Waals surface area contributed by atoms with Crippen molar-refractivity contribution in [1.82, 2.24) is 0 Å². The minimum Gasteiger partial charge on any atom is -0.319 e. The third kappa shape index (κ3) is 3.26. The fourth-order valence-corrected chi connectivity index (χ4v) is 9.21. The molecule has 7 aromatic carbocycles. The molecule has 2 heteroatoms. The lowest BCUT2D eigenvalue weighted by atomic mass is 9.70. The minimum atomic E-state index is -2.44. The third-order valence-electron chi connectivity index (χ3n) is 9.75. The summed E-state index contributed by atoms with van der Waals surface area (Å²) in [6, 6.07) is 51.2. The van der Waals surface area contributed by atoms with E-state index in [1.54, 1.807) is 0 Å². The monoisotopic (exact) mass is 568 g/mol. The van der Waals surface area contributed by atoms with Gasteiger partial charge in [-0.15, -0.1) is 0 Å². The summed E-state index contributed by atoms with van der Waals surface area (Å²) in [7, 11) is -2.44. The molecule has 0 atom stereocenters. The average molecular weight is 569 g/mol. The zero-order chi connectivity index (χ0) is 28.9. The number of hydrogen-bond acceptors (Lipinski definition) is 1. The van der Waals surface area contributed by atoms with Crippen molar-refractivity contribution in [2.24, 2.45) is 0 Å². The van der Waals surface area contributed by atoms with Crippen molar-refractivity contribution >= 4 is 34.0 Å². The van der Waals surface area contributed by atoms with Crippen LogP contribution in [0.3, 0.4) is 0 Å². The van der Waals surface area contributed by atoms with Crippen LogP contribution in [-0.2, 0) is 9.98 Å². The van der Waals surface area contributed by atoms with Gasteiger partial charge in [0.25, 0.3) is 0 Å². The van der Waals surface area contributed by atoms with Crippen molar-refractivity contribution < 1.29 is 4.57 Å². The molecule has 0 fully saturated rings. The smallest absolute Gasteiger partial charge is 0.110 e. The fraction of sp³-hybridized carbons (Fsp3) is 0.0732. The molecule has 9 rings (SSSR count). The number of fused-ring (bicyclic) bond motifs is 12. The van der Waals surface area contributed by atoms with E-state index in [0.717, 1.165) is 16.1 Å². The molecule has 0 unspecified atom stereocenters. The van der Waals surface area contributed by atoms with Gasteiger partial charge in [0.05, 0.1) is 5.41 Å². The highest BCUT2D eigenvalue weighted by Crippen LogP contribution is 2.63. The maximum absolute atomic E-state index is 13.2. The molecule has 0 heterocycles. The van der Waals surface area contributed by atoms with Gasteiger partial charge in [0, 0.05) is 5.30 Å². The maximum atomic E-state index is 13.2. The first-order chi connectivity index (χ1) is 21.0. The van der Waals surface area contributed by atoms with E-state index in [-0.39, 0.29) is 5.41 Å². The second kappa shape index (κ2) is 8.66. The van der Waals surface area contributed by atoms with Crippen molar-refractivity contribution in [3.8, 4) is 33.4 Å². The number of rotatable bonds is 2. The Balaban J connectivity index is 1.38. The standard InChI is InChI=1S/C41H29OP/c1-43(2,42)40-22-20-29(30-13-5-6-16-33(30)40)28-19-21-38-34(24-28)35-23-26-11-3-4-12-27(26)25-39(35)41(38)36-17-9-7-14-31(36)32-15-8-10-18-37(32)41/h3-25H,1-2H3. The van der Waals surface area contributed by atoms with E-state index in [1.165, 1.54) is 66.4 Å². The van der Waals surface area contributed by atoms with Crippen molar-refractivity contribution in [1.29, 1.82) is 0 Å². The van der Waals surface area contributed by atoms with Gasteiger partial charge in [-0.25, -0.2) is 0 Å². The van der Waals surface area contributed by atoms with Gasteiger partial charge in [0.15, 0.2) is 0 Å². The molecular weight excluding hydrogens is 539 g/mol. The molecule has 0 N–H and O–H groups in total. The van der Waals surface area contributed by atoms with Crippen LogP contribution in [0.2, 0.25) is 0 Å². The Morgan fingerprint density at radius 2 is 1.00 bits per heavy atom. The van der Waals surface area contributed by atoms with E-state index in [0.29, 0.717) is 0 Å². The lowest BCUT2D eigenvalue weighted by Crippen LogP contribution is -2.25. The fourth-order valence-electron chi connectivity index (χ4n) is 8.00. The number of benzene rings is 7. The van der Waals surface area contributed by atoms with Crippen LogP contribution in [0.4, 0.5) is 0 Å². The van der Waals surface area contributed by atoms with Crippen molar-refractivity contribution in [3.63, 3.8) is 0 Å². The van der Waals surface area contributed by atoms with Gasteiger partial charge >= 0.3 is 0 Å². The molecule has 0 radical (unpaired) electrons. The van der Waals surface area contributed by atoms with E-state index in [9.17, 15) is 4.57 Å². The summed E-state index contributed by atoms with van der Waals surface area (Å²) < 4.78 is 13.2. The normalized spacial score (nSPS) is 14.1. The highest BCUT2D eigenvalue weighted by Gasteiger charge is 2.51. The Labute approximate surface area is 251 Å². The Bertz CT molecular complexity index is 2310. The van der Waals surface area contributed by atoms with Crippen molar-refractivity contribution in [2.45, 2.75) is 5.41 Å². The van der Waals surface area contributed by atoms with Crippen LogP contribution in [0, 0.1) is 0 Å². The summed E-state index contributed by atoms with van der Waals surface area (Å²) >= 11 is 0. The molecule has 1 spiro atoms. The third-order valence-corrected chi connectivity index (χ3v) is 11.3. The predicted molar refractivity (Wildman–Crippen MR) is 182 cm³/mol. The summed E-state index contributed by atoms with van der Waals surface area (Å²) in [6.07, 6.45) is 0. The van der Waals surface area contributed by atoms with Gasteiger partial charge in [-0.3, -0.25) is 0 Å². The van der Waals surface area contributed by atoms with Crippen molar-refractivity contribution in [2.75, 3.05) is 13.3 Å². The summed E-state index contributed by atoms with van der Waals surface area (Å²) in [5.74, 6) is 0. The van der Waals surface area contributed by atoms with Crippen LogP contribution < -0.4 is 5.30 Å². The van der Waals surface area contributed by atoms with E-state index < -0.39 is 7.14 Å². The zero-order valence-corrected chi connectivity index (χ0v) is 25.0. The Kier molecular flexibility index (Phi) is 5.01. The SMILES string of the molecule is CP(C)(=O)c1ccc(-c2ccc3c(c2)-c2cc4ccccc4cc2C32c3ccccc3-c3ccccc32)c2ccccc12. The molecule has 0 saturated heterocycles.